The van der Waals surface area contributed by atoms with E-state index in [1.165, 1.54) is 84.0 Å². The Kier molecular flexibility index (Phi) is 3.85. The van der Waals surface area contributed by atoms with Gasteiger partial charge in [-0.05, 0) is 69.8 Å². The first-order valence-corrected chi connectivity index (χ1v) is 10.1. The second-order valence-corrected chi connectivity index (χ2v) is 7.87. The third kappa shape index (κ3) is 2.59. The van der Waals surface area contributed by atoms with Crippen molar-refractivity contribution in [2.24, 2.45) is 0 Å². The van der Waals surface area contributed by atoms with Crippen molar-refractivity contribution < 1.29 is 0 Å². The summed E-state index contributed by atoms with van der Waals surface area (Å²) >= 11 is 0. The molecule has 0 heterocycles. The lowest BCUT2D eigenvalue weighted by atomic mass is 9.85. The zero-order valence-corrected chi connectivity index (χ0v) is 14.9. The van der Waals surface area contributed by atoms with E-state index in [0.29, 0.717) is 0 Å². The van der Waals surface area contributed by atoms with Crippen molar-refractivity contribution >= 4 is 27.6 Å². The fraction of sp³-hybridized carbons (Fsp3) is 0.360. The lowest BCUT2D eigenvalue weighted by Gasteiger charge is -2.19. The molecule has 0 amide bonds. The van der Waals surface area contributed by atoms with Crippen LogP contribution in [-0.4, -0.2) is 0 Å². The number of allylic oxidation sites excluding steroid dienone is 1. The Bertz CT molecular complexity index is 953. The van der Waals surface area contributed by atoms with Crippen molar-refractivity contribution in [3.8, 4) is 0 Å². The first kappa shape index (κ1) is 15.2. The van der Waals surface area contributed by atoms with Crippen LogP contribution in [0.2, 0.25) is 0 Å². The Hall–Kier alpha value is -2.08. The molecule has 0 radical (unpaired) electrons. The number of fused-ring (bicyclic) bond motifs is 5. The summed E-state index contributed by atoms with van der Waals surface area (Å²) in [4.78, 5) is 0. The standard InChI is InChI=1S/C25H26/c1-2-4-9-18(8-3-1)21-12-7-13-22-23(21)16-17-24-20-11-6-5-10-19(20)14-15-25(22)24/h6-7,11-18H,1-5,8-10H2. The highest BCUT2D eigenvalue weighted by atomic mass is 14.2. The number of aryl methyl sites for hydroxylation is 1. The van der Waals surface area contributed by atoms with Gasteiger partial charge in [0.05, 0.1) is 0 Å². The van der Waals surface area contributed by atoms with Crippen LogP contribution < -0.4 is 0 Å². The smallest absolute Gasteiger partial charge is 0.00991 e. The summed E-state index contributed by atoms with van der Waals surface area (Å²) in [6, 6.07) is 16.5. The normalized spacial score (nSPS) is 18.4. The van der Waals surface area contributed by atoms with Gasteiger partial charge in [0.2, 0.25) is 0 Å². The zero-order chi connectivity index (χ0) is 16.6. The predicted molar refractivity (Wildman–Crippen MR) is 109 cm³/mol. The van der Waals surface area contributed by atoms with Crippen molar-refractivity contribution in [1.29, 1.82) is 0 Å². The van der Waals surface area contributed by atoms with Crippen LogP contribution in [0, 0.1) is 0 Å². The second kappa shape index (κ2) is 6.33. The van der Waals surface area contributed by atoms with Gasteiger partial charge in [0, 0.05) is 0 Å². The largest absolute Gasteiger partial charge is 0.0836 e. The van der Waals surface area contributed by atoms with Crippen LogP contribution in [0.4, 0.5) is 0 Å². The van der Waals surface area contributed by atoms with Crippen LogP contribution in [0.15, 0.2) is 48.5 Å². The highest BCUT2D eigenvalue weighted by Crippen LogP contribution is 2.39. The average Bonchev–Trinajstić information content (AvgIpc) is 2.96. The summed E-state index contributed by atoms with van der Waals surface area (Å²) in [6.07, 6.45) is 15.4. The van der Waals surface area contributed by atoms with Crippen molar-refractivity contribution in [3.05, 3.63) is 65.2 Å². The number of hydrogen-bond donors (Lipinski definition) is 0. The topological polar surface area (TPSA) is 0 Å². The Morgan fingerprint density at radius 3 is 2.32 bits per heavy atom. The van der Waals surface area contributed by atoms with E-state index in [0.717, 1.165) is 5.92 Å². The molecule has 0 atom stereocenters. The molecule has 1 fully saturated rings. The fourth-order valence-corrected chi connectivity index (χ4v) is 5.07. The molecular weight excluding hydrogens is 300 g/mol. The van der Waals surface area contributed by atoms with Gasteiger partial charge in [-0.1, -0.05) is 80.3 Å². The van der Waals surface area contributed by atoms with Crippen LogP contribution in [0.5, 0.6) is 0 Å². The molecule has 1 saturated carbocycles. The van der Waals surface area contributed by atoms with Gasteiger partial charge < -0.3 is 0 Å². The van der Waals surface area contributed by atoms with Crippen LogP contribution in [0.1, 0.15) is 67.6 Å². The van der Waals surface area contributed by atoms with E-state index < -0.39 is 0 Å². The molecule has 0 saturated heterocycles. The molecular formula is C25H26. The maximum Gasteiger partial charge on any atom is -0.00991 e. The summed E-state index contributed by atoms with van der Waals surface area (Å²) in [5.74, 6) is 0.751. The predicted octanol–water partition coefficient (Wildman–Crippen LogP) is 7.39. The summed E-state index contributed by atoms with van der Waals surface area (Å²) < 4.78 is 0. The number of hydrogen-bond acceptors (Lipinski definition) is 0. The Balaban J connectivity index is 1.72. The van der Waals surface area contributed by atoms with Gasteiger partial charge in [0.15, 0.2) is 0 Å². The Labute approximate surface area is 150 Å². The third-order valence-electron chi connectivity index (χ3n) is 6.38. The van der Waals surface area contributed by atoms with Gasteiger partial charge in [0.1, 0.15) is 0 Å². The minimum absolute atomic E-state index is 0.751. The lowest BCUT2D eigenvalue weighted by Crippen LogP contribution is -1.99. The van der Waals surface area contributed by atoms with E-state index in [2.05, 4.69) is 54.6 Å². The molecule has 0 heteroatoms. The van der Waals surface area contributed by atoms with E-state index in [1.807, 2.05) is 0 Å². The van der Waals surface area contributed by atoms with Gasteiger partial charge in [-0.15, -0.1) is 0 Å². The second-order valence-electron chi connectivity index (χ2n) is 7.87. The van der Waals surface area contributed by atoms with Crippen LogP contribution in [-0.2, 0) is 6.42 Å². The Morgan fingerprint density at radius 2 is 1.44 bits per heavy atom. The van der Waals surface area contributed by atoms with E-state index in [-0.39, 0.29) is 0 Å². The maximum atomic E-state index is 2.40. The van der Waals surface area contributed by atoms with Crippen molar-refractivity contribution in [2.45, 2.75) is 57.3 Å². The fourth-order valence-electron chi connectivity index (χ4n) is 5.07. The summed E-state index contributed by atoms with van der Waals surface area (Å²) in [6.45, 7) is 0. The van der Waals surface area contributed by atoms with Gasteiger partial charge in [-0.3, -0.25) is 0 Å². The highest BCUT2D eigenvalue weighted by molar-refractivity contribution is 6.11. The molecule has 0 unspecified atom stereocenters. The maximum absolute atomic E-state index is 2.40. The first-order valence-electron chi connectivity index (χ1n) is 10.1. The van der Waals surface area contributed by atoms with Crippen LogP contribution in [0.25, 0.3) is 27.6 Å². The van der Waals surface area contributed by atoms with Crippen LogP contribution in [0.3, 0.4) is 0 Å². The van der Waals surface area contributed by atoms with Crippen molar-refractivity contribution in [2.75, 3.05) is 0 Å². The molecule has 5 rings (SSSR count). The molecule has 0 aromatic heterocycles. The molecule has 0 bridgehead atoms. The SMILES string of the molecule is C1=Cc2c(ccc3c2ccc2c(C4CCCCCC4)cccc23)CC1. The quantitative estimate of drug-likeness (QED) is 0.323. The molecule has 0 spiro atoms. The van der Waals surface area contributed by atoms with E-state index >= 15 is 0 Å². The summed E-state index contributed by atoms with van der Waals surface area (Å²) in [5, 5.41) is 5.79. The highest BCUT2D eigenvalue weighted by Gasteiger charge is 2.18. The summed E-state index contributed by atoms with van der Waals surface area (Å²) in [7, 11) is 0. The molecule has 2 aliphatic carbocycles. The van der Waals surface area contributed by atoms with Crippen molar-refractivity contribution in [3.63, 3.8) is 0 Å². The van der Waals surface area contributed by atoms with Crippen LogP contribution >= 0.6 is 0 Å². The molecule has 0 nitrogen and oxygen atoms in total. The van der Waals surface area contributed by atoms with E-state index in [4.69, 9.17) is 0 Å². The zero-order valence-electron chi connectivity index (χ0n) is 14.9. The molecule has 126 valence electrons. The van der Waals surface area contributed by atoms with E-state index in [9.17, 15) is 0 Å². The number of rotatable bonds is 1. The first-order chi connectivity index (χ1) is 12.4. The van der Waals surface area contributed by atoms with Gasteiger partial charge in [0.25, 0.3) is 0 Å². The molecule has 0 aliphatic heterocycles. The minimum Gasteiger partial charge on any atom is -0.0836 e. The lowest BCUT2D eigenvalue weighted by molar-refractivity contribution is 0.596. The minimum atomic E-state index is 0.751. The summed E-state index contributed by atoms with van der Waals surface area (Å²) in [5.41, 5.74) is 4.55. The van der Waals surface area contributed by atoms with Crippen molar-refractivity contribution in [1.82, 2.24) is 0 Å². The monoisotopic (exact) mass is 326 g/mol. The Morgan fingerprint density at radius 1 is 0.680 bits per heavy atom. The molecule has 3 aromatic carbocycles. The molecule has 3 aromatic rings. The van der Waals surface area contributed by atoms with Gasteiger partial charge in [-0.25, -0.2) is 0 Å². The van der Waals surface area contributed by atoms with E-state index in [1.54, 1.807) is 5.56 Å². The van der Waals surface area contributed by atoms with Gasteiger partial charge >= 0.3 is 0 Å². The van der Waals surface area contributed by atoms with Gasteiger partial charge in [-0.2, -0.15) is 0 Å². The molecule has 0 N–H and O–H groups in total. The third-order valence-corrected chi connectivity index (χ3v) is 6.38. The average molecular weight is 326 g/mol. The number of benzene rings is 3. The molecule has 2 aliphatic rings. The molecule has 25 heavy (non-hydrogen) atoms.